The van der Waals surface area contributed by atoms with Crippen molar-refractivity contribution in [3.05, 3.63) is 72.5 Å². The molecule has 0 fully saturated rings. The van der Waals surface area contributed by atoms with Gasteiger partial charge in [-0.1, -0.05) is 19.1 Å². The Morgan fingerprint density at radius 3 is 2.32 bits per heavy atom. The van der Waals surface area contributed by atoms with E-state index in [1.807, 2.05) is 30.4 Å². The van der Waals surface area contributed by atoms with Gasteiger partial charge in [-0.2, -0.15) is 41.3 Å². The van der Waals surface area contributed by atoms with Crippen LogP contribution in [-0.2, 0) is 21.7 Å². The van der Waals surface area contributed by atoms with Crippen LogP contribution >= 0.6 is 0 Å². The van der Waals surface area contributed by atoms with Crippen molar-refractivity contribution in [2.24, 2.45) is 0 Å². The molecule has 0 aliphatic heterocycles. The molecule has 4 heteroatoms. The minimum atomic E-state index is 0. The van der Waals surface area contributed by atoms with E-state index >= 15 is 0 Å². The van der Waals surface area contributed by atoms with Crippen LogP contribution in [0.3, 0.4) is 0 Å². The molecule has 1 heterocycles. The minimum Gasteiger partial charge on any atom is -1.00 e. The average molecular weight is 326 g/mol. The van der Waals surface area contributed by atoms with E-state index in [2.05, 4.69) is 42.9 Å². The summed E-state index contributed by atoms with van der Waals surface area (Å²) in [6.45, 7) is 5.68. The fraction of sp³-hybridized carbons (Fsp3) is 0.0667. The van der Waals surface area contributed by atoms with E-state index in [1.54, 1.807) is 0 Å². The molecule has 0 saturated heterocycles. The molecule has 96 valence electrons. The molecular weight excluding hydrogens is 313 g/mol. The van der Waals surface area contributed by atoms with Crippen LogP contribution in [0.2, 0.25) is 0 Å². The number of para-hydroxylation sites is 1. The largest absolute Gasteiger partial charge is 4.00 e. The number of hydrogen-bond donors (Lipinski definition) is 1. The predicted octanol–water partition coefficient (Wildman–Crippen LogP) is -2.25. The summed E-state index contributed by atoms with van der Waals surface area (Å²) in [5.41, 5.74) is 3.32. The van der Waals surface area contributed by atoms with Gasteiger partial charge in [0.15, 0.2) is 0 Å². The van der Waals surface area contributed by atoms with Gasteiger partial charge < -0.3 is 29.8 Å². The maximum atomic E-state index is 3.62. The van der Waals surface area contributed by atoms with Gasteiger partial charge in [0.25, 0.3) is 0 Å². The molecule has 0 unspecified atom stereocenters. The molecule has 19 heavy (non-hydrogen) atoms. The van der Waals surface area contributed by atoms with Crippen LogP contribution in [0.4, 0.5) is 0 Å². The number of hydrogen-bond acceptors (Lipinski definition) is 0. The van der Waals surface area contributed by atoms with Crippen LogP contribution < -0.4 is 24.8 Å². The zero-order valence-corrected chi connectivity index (χ0v) is 13.6. The average Bonchev–Trinajstić information content (AvgIpc) is 2.91. The smallest absolute Gasteiger partial charge is 1.00 e. The Morgan fingerprint density at radius 1 is 1.16 bits per heavy atom. The van der Waals surface area contributed by atoms with Crippen molar-refractivity contribution in [1.82, 2.24) is 4.98 Å². The molecule has 0 spiro atoms. The third kappa shape index (κ3) is 5.84. The number of nitrogens with one attached hydrogen (secondary N) is 1. The van der Waals surface area contributed by atoms with E-state index in [0.29, 0.717) is 0 Å². The third-order valence-corrected chi connectivity index (χ3v) is 2.38. The monoisotopic (exact) mass is 325 g/mol. The second-order valence-electron chi connectivity index (χ2n) is 3.62. The molecule has 0 atom stereocenters. The molecule has 0 saturated carbocycles. The second-order valence-corrected chi connectivity index (χ2v) is 3.62. The number of aromatic nitrogens is 1. The molecule has 1 aliphatic rings. The van der Waals surface area contributed by atoms with Gasteiger partial charge >= 0.3 is 21.7 Å². The molecule has 1 aromatic carbocycles. The standard InChI is InChI=1S/C9H8N.C6H5.2ClH.Ti/c1-7-6-10-9-5-3-2-4-8(7)9;1-6-4-2-3-5-6;;;/h2-5,10H,1H3;2-4H,1H2;2*1H;/q2*-1;;;+4/p-2. The summed E-state index contributed by atoms with van der Waals surface area (Å²) in [5.74, 6) is 0. The Balaban J connectivity index is 0. The molecule has 1 N–H and O–H groups in total. The molecule has 1 aliphatic carbocycles. The van der Waals surface area contributed by atoms with Crippen molar-refractivity contribution in [2.75, 3.05) is 0 Å². The zero-order chi connectivity index (χ0) is 11.4. The number of fused-ring (bicyclic) bond motifs is 1. The van der Waals surface area contributed by atoms with Gasteiger partial charge in [-0.15, -0.1) is 29.9 Å². The molecular formula is C15H13Cl2NTi. The van der Waals surface area contributed by atoms with E-state index in [4.69, 9.17) is 0 Å². The van der Waals surface area contributed by atoms with Crippen molar-refractivity contribution in [3.8, 4) is 0 Å². The van der Waals surface area contributed by atoms with Crippen LogP contribution in [0.15, 0.2) is 54.6 Å². The minimum absolute atomic E-state index is 0. The SMILES string of the molecule is C=C1[C-]=CC=C1.Cc1[c-][nH]c2ccccc12.[Cl-].[Cl-].[Ti+4]. The molecule has 3 rings (SSSR count). The van der Waals surface area contributed by atoms with Crippen molar-refractivity contribution in [1.29, 1.82) is 0 Å². The van der Waals surface area contributed by atoms with E-state index in [1.165, 1.54) is 16.5 Å². The first-order valence-corrected chi connectivity index (χ1v) is 5.17. The summed E-state index contributed by atoms with van der Waals surface area (Å²) in [5, 5.41) is 1.27. The van der Waals surface area contributed by atoms with E-state index in [0.717, 1.165) is 5.57 Å². The number of rotatable bonds is 0. The van der Waals surface area contributed by atoms with Crippen LogP contribution in [-0.4, -0.2) is 4.98 Å². The molecule has 0 amide bonds. The normalized spacial score (nSPS) is 10.9. The summed E-state index contributed by atoms with van der Waals surface area (Å²) < 4.78 is 0. The van der Waals surface area contributed by atoms with Crippen molar-refractivity contribution in [3.63, 3.8) is 0 Å². The third-order valence-electron chi connectivity index (χ3n) is 2.38. The summed E-state index contributed by atoms with van der Waals surface area (Å²) in [7, 11) is 0. The number of aromatic amines is 1. The fourth-order valence-corrected chi connectivity index (χ4v) is 1.52. The Morgan fingerprint density at radius 2 is 1.84 bits per heavy atom. The van der Waals surface area contributed by atoms with Gasteiger partial charge in [-0.05, 0) is 0 Å². The van der Waals surface area contributed by atoms with Gasteiger partial charge in [0.1, 0.15) is 0 Å². The fourth-order valence-electron chi connectivity index (χ4n) is 1.52. The zero-order valence-electron chi connectivity index (χ0n) is 10.5. The summed E-state index contributed by atoms with van der Waals surface area (Å²) in [4.78, 5) is 3.06. The van der Waals surface area contributed by atoms with E-state index in [9.17, 15) is 0 Å². The molecule has 0 bridgehead atoms. The van der Waals surface area contributed by atoms with Gasteiger partial charge in [0, 0.05) is 0 Å². The molecule has 1 aromatic heterocycles. The van der Waals surface area contributed by atoms with Crippen LogP contribution in [0.25, 0.3) is 10.9 Å². The number of allylic oxidation sites excluding steroid dienone is 5. The van der Waals surface area contributed by atoms with Gasteiger partial charge in [-0.3, -0.25) is 0 Å². The maximum Gasteiger partial charge on any atom is 4.00 e. The van der Waals surface area contributed by atoms with Gasteiger partial charge in [0.05, 0.1) is 0 Å². The Kier molecular flexibility index (Phi) is 11.0. The number of benzene rings is 1. The van der Waals surface area contributed by atoms with Gasteiger partial charge in [-0.25, -0.2) is 0 Å². The first-order chi connectivity index (χ1) is 7.77. The van der Waals surface area contributed by atoms with Crippen molar-refractivity contribution in [2.45, 2.75) is 6.92 Å². The number of aryl methyl sites for hydroxylation is 1. The summed E-state index contributed by atoms with van der Waals surface area (Å²) >= 11 is 0. The Bertz CT molecular complexity index is 556. The second kappa shape index (κ2) is 10.1. The molecule has 2 aromatic rings. The quantitative estimate of drug-likeness (QED) is 0.416. The van der Waals surface area contributed by atoms with Crippen LogP contribution in [0, 0.1) is 19.2 Å². The number of halogens is 2. The predicted molar refractivity (Wildman–Crippen MR) is 68.0 cm³/mol. The molecule has 1 nitrogen and oxygen atoms in total. The van der Waals surface area contributed by atoms with E-state index in [-0.39, 0.29) is 46.5 Å². The Hall–Kier alpha value is -0.726. The topological polar surface area (TPSA) is 15.8 Å². The van der Waals surface area contributed by atoms with E-state index < -0.39 is 0 Å². The van der Waals surface area contributed by atoms with Crippen molar-refractivity contribution < 1.29 is 46.5 Å². The first-order valence-electron chi connectivity index (χ1n) is 5.17. The summed E-state index contributed by atoms with van der Waals surface area (Å²) in [6.07, 6.45) is 11.6. The maximum absolute atomic E-state index is 3.62. The summed E-state index contributed by atoms with van der Waals surface area (Å²) in [6, 6.07) is 8.21. The van der Waals surface area contributed by atoms with Gasteiger partial charge in [0.2, 0.25) is 0 Å². The molecule has 0 radical (unpaired) electrons. The van der Waals surface area contributed by atoms with Crippen LogP contribution in [0.1, 0.15) is 5.56 Å². The van der Waals surface area contributed by atoms with Crippen molar-refractivity contribution >= 4 is 10.9 Å². The first kappa shape index (κ1) is 20.6. The number of H-pyrrole nitrogens is 1. The van der Waals surface area contributed by atoms with Crippen LogP contribution in [0.5, 0.6) is 0 Å². The Labute approximate surface area is 141 Å².